The molecule has 2 aromatic heterocycles. The van der Waals surface area contributed by atoms with E-state index in [2.05, 4.69) is 28.3 Å². The van der Waals surface area contributed by atoms with Crippen LogP contribution in [-0.4, -0.2) is 20.4 Å². The van der Waals surface area contributed by atoms with Gasteiger partial charge in [0.1, 0.15) is 5.01 Å². The molecule has 0 fully saturated rings. The van der Waals surface area contributed by atoms with Crippen LogP contribution in [0.1, 0.15) is 12.0 Å². The summed E-state index contributed by atoms with van der Waals surface area (Å²) in [6, 6.07) is 14.9. The van der Waals surface area contributed by atoms with E-state index in [1.165, 1.54) is 22.4 Å². The number of thiazole rings is 1. The normalized spacial score (nSPS) is 10.9. The number of aromatic amines is 1. The van der Waals surface area contributed by atoms with Gasteiger partial charge in [0.05, 0.1) is 10.2 Å². The first-order valence-corrected chi connectivity index (χ1v) is 9.87. The smallest absolute Gasteiger partial charge is 0.326 e. The molecule has 0 bridgehead atoms. The number of fused-ring (bicyclic) bond motifs is 1. The molecular weight excluding hydrogens is 388 g/mol. The molecule has 1 amide bonds. The van der Waals surface area contributed by atoms with Crippen molar-refractivity contribution in [1.29, 1.82) is 0 Å². The Morgan fingerprint density at radius 1 is 1.14 bits per heavy atom. The highest BCUT2D eigenvalue weighted by molar-refractivity contribution is 7.21. The van der Waals surface area contributed by atoms with E-state index in [4.69, 9.17) is 0 Å². The lowest BCUT2D eigenvalue weighted by molar-refractivity contribution is -0.116. The van der Waals surface area contributed by atoms with Crippen molar-refractivity contribution in [2.24, 2.45) is 0 Å². The van der Waals surface area contributed by atoms with E-state index < -0.39 is 11.2 Å². The Morgan fingerprint density at radius 3 is 2.69 bits per heavy atom. The number of amides is 1. The first-order chi connectivity index (χ1) is 14.0. The molecule has 0 aliphatic heterocycles. The molecule has 4 rings (SSSR count). The molecule has 2 aromatic carbocycles. The van der Waals surface area contributed by atoms with E-state index in [0.717, 1.165) is 20.8 Å². The molecular formula is C21H18N4O3S. The average Bonchev–Trinajstić information content (AvgIpc) is 3.11. The summed E-state index contributed by atoms with van der Waals surface area (Å²) in [6.07, 6.45) is 1.49. The summed E-state index contributed by atoms with van der Waals surface area (Å²) in [5.74, 6) is -0.216. The van der Waals surface area contributed by atoms with Crippen molar-refractivity contribution >= 4 is 33.1 Å². The number of hydrogen-bond donors (Lipinski definition) is 2. The molecule has 4 aromatic rings. The quantitative estimate of drug-likeness (QED) is 0.532. The minimum Gasteiger partial charge on any atom is -0.326 e. The summed E-state index contributed by atoms with van der Waals surface area (Å²) in [5, 5.41) is 3.74. The first-order valence-electron chi connectivity index (χ1n) is 9.05. The number of H-pyrrole nitrogens is 1. The lowest BCUT2D eigenvalue weighted by Gasteiger charge is -2.07. The molecule has 29 heavy (non-hydrogen) atoms. The lowest BCUT2D eigenvalue weighted by atomic mass is 10.2. The summed E-state index contributed by atoms with van der Waals surface area (Å²) in [4.78, 5) is 41.7. The highest BCUT2D eigenvalue weighted by Crippen LogP contribution is 2.31. The van der Waals surface area contributed by atoms with Gasteiger partial charge in [-0.15, -0.1) is 11.3 Å². The van der Waals surface area contributed by atoms with Crippen LogP contribution >= 0.6 is 11.3 Å². The van der Waals surface area contributed by atoms with Crippen LogP contribution in [0.5, 0.6) is 0 Å². The number of aromatic nitrogens is 3. The van der Waals surface area contributed by atoms with Crippen LogP contribution in [-0.2, 0) is 11.3 Å². The van der Waals surface area contributed by atoms with Crippen LogP contribution in [0.2, 0.25) is 0 Å². The number of nitrogens with one attached hydrogen (secondary N) is 2. The van der Waals surface area contributed by atoms with Crippen molar-refractivity contribution in [2.75, 3.05) is 5.32 Å². The van der Waals surface area contributed by atoms with Crippen molar-refractivity contribution < 1.29 is 4.79 Å². The molecule has 7 nitrogen and oxygen atoms in total. The monoisotopic (exact) mass is 406 g/mol. The van der Waals surface area contributed by atoms with Crippen molar-refractivity contribution in [3.63, 3.8) is 0 Å². The Balaban J connectivity index is 1.41. The van der Waals surface area contributed by atoms with E-state index in [0.29, 0.717) is 5.69 Å². The Bertz CT molecular complexity index is 1300. The van der Waals surface area contributed by atoms with E-state index >= 15 is 0 Å². The van der Waals surface area contributed by atoms with Crippen molar-refractivity contribution in [3.05, 3.63) is 81.1 Å². The van der Waals surface area contributed by atoms with Gasteiger partial charge in [0.2, 0.25) is 5.91 Å². The maximum Gasteiger partial charge on any atom is 0.328 e. The number of aryl methyl sites for hydroxylation is 2. The predicted molar refractivity (Wildman–Crippen MR) is 114 cm³/mol. The van der Waals surface area contributed by atoms with Crippen molar-refractivity contribution in [2.45, 2.75) is 19.9 Å². The number of hydrogen-bond acceptors (Lipinski definition) is 5. The fourth-order valence-electron chi connectivity index (χ4n) is 2.92. The predicted octanol–water partition coefficient (Wildman–Crippen LogP) is 3.15. The number of benzene rings is 2. The molecule has 2 N–H and O–H groups in total. The fourth-order valence-corrected chi connectivity index (χ4v) is 3.99. The maximum atomic E-state index is 12.2. The molecule has 0 saturated heterocycles. The number of carbonyl (C=O) groups is 1. The zero-order valence-electron chi connectivity index (χ0n) is 15.6. The van der Waals surface area contributed by atoms with Gasteiger partial charge in [0.25, 0.3) is 5.56 Å². The van der Waals surface area contributed by atoms with Crippen molar-refractivity contribution in [3.8, 4) is 10.6 Å². The van der Waals surface area contributed by atoms with Gasteiger partial charge in [-0.3, -0.25) is 14.6 Å². The molecule has 0 aliphatic rings. The van der Waals surface area contributed by atoms with Crippen LogP contribution in [0.4, 0.5) is 5.69 Å². The molecule has 8 heteroatoms. The average molecular weight is 406 g/mol. The zero-order valence-corrected chi connectivity index (χ0v) is 16.5. The van der Waals surface area contributed by atoms with Gasteiger partial charge < -0.3 is 9.88 Å². The maximum absolute atomic E-state index is 12.2. The molecule has 0 atom stereocenters. The largest absolute Gasteiger partial charge is 0.328 e. The lowest BCUT2D eigenvalue weighted by Crippen LogP contribution is -2.29. The van der Waals surface area contributed by atoms with E-state index in [1.54, 1.807) is 11.3 Å². The van der Waals surface area contributed by atoms with Gasteiger partial charge in [0, 0.05) is 36.5 Å². The van der Waals surface area contributed by atoms with E-state index in [-0.39, 0.29) is 18.9 Å². The summed E-state index contributed by atoms with van der Waals surface area (Å²) in [6.45, 7) is 2.24. The second kappa shape index (κ2) is 7.84. The van der Waals surface area contributed by atoms with E-state index in [9.17, 15) is 14.4 Å². The third-order valence-corrected chi connectivity index (χ3v) is 5.50. The fraction of sp³-hybridized carbons (Fsp3) is 0.143. The molecule has 0 spiro atoms. The van der Waals surface area contributed by atoms with Gasteiger partial charge >= 0.3 is 5.69 Å². The van der Waals surface area contributed by atoms with Gasteiger partial charge in [-0.05, 0) is 48.9 Å². The highest BCUT2D eigenvalue weighted by Gasteiger charge is 2.08. The number of nitrogens with zero attached hydrogens (tertiary/aromatic N) is 2. The molecule has 0 saturated carbocycles. The third kappa shape index (κ3) is 4.33. The van der Waals surface area contributed by atoms with E-state index in [1.807, 2.05) is 36.4 Å². The van der Waals surface area contributed by atoms with Gasteiger partial charge in [-0.25, -0.2) is 9.78 Å². The highest BCUT2D eigenvalue weighted by atomic mass is 32.1. The summed E-state index contributed by atoms with van der Waals surface area (Å²) < 4.78 is 2.44. The molecule has 0 unspecified atom stereocenters. The van der Waals surface area contributed by atoms with Crippen molar-refractivity contribution in [1.82, 2.24) is 14.5 Å². The number of anilines is 1. The molecule has 0 radical (unpaired) electrons. The SMILES string of the molecule is Cc1ccc2nc(-c3ccc(NC(=O)CCn4ccc(=O)[nH]c4=O)cc3)sc2c1. The Morgan fingerprint density at radius 2 is 1.93 bits per heavy atom. The van der Waals surface area contributed by atoms with Crippen LogP contribution in [0.25, 0.3) is 20.8 Å². The van der Waals surface area contributed by atoms with Crippen LogP contribution in [0.15, 0.2) is 64.3 Å². The van der Waals surface area contributed by atoms with Crippen LogP contribution in [0.3, 0.4) is 0 Å². The van der Waals surface area contributed by atoms with Gasteiger partial charge in [0.15, 0.2) is 0 Å². The molecule has 146 valence electrons. The summed E-state index contributed by atoms with van der Waals surface area (Å²) >= 11 is 1.64. The third-order valence-electron chi connectivity index (χ3n) is 4.44. The topological polar surface area (TPSA) is 96.8 Å². The van der Waals surface area contributed by atoms with Crippen LogP contribution < -0.4 is 16.6 Å². The minimum absolute atomic E-state index is 0.116. The second-order valence-corrected chi connectivity index (χ2v) is 7.70. The minimum atomic E-state index is -0.527. The van der Waals surface area contributed by atoms with Gasteiger partial charge in [-0.1, -0.05) is 6.07 Å². The Hall–Kier alpha value is -3.52. The summed E-state index contributed by atoms with van der Waals surface area (Å²) in [7, 11) is 0. The standard InChI is InChI=1S/C21H18N4O3S/c1-13-2-7-16-17(12-13)29-20(23-16)14-3-5-15(6-4-14)22-18(26)8-10-25-11-9-19(27)24-21(25)28/h2-7,9,11-12H,8,10H2,1H3,(H,22,26)(H,24,27,28). The zero-order chi connectivity index (χ0) is 20.4. The summed E-state index contributed by atoms with van der Waals surface area (Å²) in [5.41, 5.74) is 2.85. The van der Waals surface area contributed by atoms with Crippen LogP contribution in [0, 0.1) is 6.92 Å². The number of carbonyl (C=O) groups excluding carboxylic acids is 1. The second-order valence-electron chi connectivity index (χ2n) is 6.67. The first kappa shape index (κ1) is 18.8. The number of rotatable bonds is 5. The Kier molecular flexibility index (Phi) is 5.09. The molecule has 2 heterocycles. The van der Waals surface area contributed by atoms with Gasteiger partial charge in [-0.2, -0.15) is 0 Å². The Labute approximate surface area is 169 Å². The molecule has 0 aliphatic carbocycles.